The van der Waals surface area contributed by atoms with Gasteiger partial charge in [-0.15, -0.1) is 0 Å². The zero-order valence-electron chi connectivity index (χ0n) is 14.6. The first kappa shape index (κ1) is 16.8. The van der Waals surface area contributed by atoms with E-state index in [4.69, 9.17) is 0 Å². The Hall–Kier alpha value is -2.04. The number of para-hydroxylation sites is 1. The topological polar surface area (TPSA) is 52.7 Å². The highest BCUT2D eigenvalue weighted by Gasteiger charge is 2.28. The molecule has 130 valence electrons. The number of likely N-dealkylation sites (tertiary alicyclic amines) is 1. The van der Waals surface area contributed by atoms with E-state index in [1.807, 2.05) is 0 Å². The predicted octanol–water partition coefficient (Wildman–Crippen LogP) is 1.81. The number of hydrogen-bond acceptors (Lipinski definition) is 3. The van der Waals surface area contributed by atoms with E-state index in [1.54, 1.807) is 11.8 Å². The van der Waals surface area contributed by atoms with Crippen molar-refractivity contribution in [1.82, 2.24) is 10.2 Å². The van der Waals surface area contributed by atoms with E-state index in [0.717, 1.165) is 32.4 Å². The lowest BCUT2D eigenvalue weighted by Crippen LogP contribution is -2.47. The number of rotatable bonds is 4. The fourth-order valence-electron chi connectivity index (χ4n) is 3.80. The molecule has 24 heavy (non-hydrogen) atoms. The van der Waals surface area contributed by atoms with Crippen LogP contribution in [0.1, 0.15) is 32.3 Å². The molecule has 1 saturated heterocycles. The third kappa shape index (κ3) is 3.55. The van der Waals surface area contributed by atoms with E-state index in [-0.39, 0.29) is 23.8 Å². The van der Waals surface area contributed by atoms with Gasteiger partial charge < -0.3 is 15.1 Å². The summed E-state index contributed by atoms with van der Waals surface area (Å²) in [6, 6.07) is 8.76. The molecule has 0 unspecified atom stereocenters. The van der Waals surface area contributed by atoms with Gasteiger partial charge in [-0.3, -0.25) is 9.59 Å². The number of carbonyl (C=O) groups excluding carboxylic acids is 2. The summed E-state index contributed by atoms with van der Waals surface area (Å²) in [4.78, 5) is 28.1. The first-order valence-electron chi connectivity index (χ1n) is 8.94. The Bertz CT molecular complexity index is 616. The average molecular weight is 329 g/mol. The van der Waals surface area contributed by atoms with Gasteiger partial charge in [0.15, 0.2) is 0 Å². The minimum Gasteiger partial charge on any atom is -0.366 e. The molecule has 0 saturated carbocycles. The Labute approximate surface area is 144 Å². The van der Waals surface area contributed by atoms with Crippen molar-refractivity contribution >= 4 is 17.5 Å². The third-order valence-corrected chi connectivity index (χ3v) is 5.26. The lowest BCUT2D eigenvalue weighted by molar-refractivity contribution is -0.133. The van der Waals surface area contributed by atoms with Crippen LogP contribution in [0.2, 0.25) is 0 Å². The molecule has 3 rings (SSSR count). The predicted molar refractivity (Wildman–Crippen MR) is 94.9 cm³/mol. The maximum atomic E-state index is 12.5. The van der Waals surface area contributed by atoms with Crippen LogP contribution in [0.4, 0.5) is 5.69 Å². The average Bonchev–Trinajstić information content (AvgIpc) is 3.03. The van der Waals surface area contributed by atoms with E-state index in [2.05, 4.69) is 41.4 Å². The molecular formula is C19H27N3O2. The zero-order chi connectivity index (χ0) is 17.1. The van der Waals surface area contributed by atoms with E-state index in [9.17, 15) is 9.59 Å². The highest BCUT2D eigenvalue weighted by atomic mass is 16.2. The van der Waals surface area contributed by atoms with E-state index in [0.29, 0.717) is 13.1 Å². The molecule has 5 heteroatoms. The van der Waals surface area contributed by atoms with Crippen LogP contribution >= 0.6 is 0 Å². The molecule has 0 radical (unpaired) electrons. The van der Waals surface area contributed by atoms with Crippen LogP contribution in [0.3, 0.4) is 0 Å². The molecule has 2 atom stereocenters. The Morgan fingerprint density at radius 2 is 2.08 bits per heavy atom. The zero-order valence-corrected chi connectivity index (χ0v) is 14.6. The van der Waals surface area contributed by atoms with Crippen molar-refractivity contribution < 1.29 is 9.59 Å². The normalized spacial score (nSPS) is 21.3. The van der Waals surface area contributed by atoms with Crippen molar-refractivity contribution in [2.24, 2.45) is 5.92 Å². The second kappa shape index (κ2) is 7.24. The van der Waals surface area contributed by atoms with Crippen molar-refractivity contribution in [2.75, 3.05) is 31.1 Å². The van der Waals surface area contributed by atoms with Crippen molar-refractivity contribution in [1.29, 1.82) is 0 Å². The smallest absolute Gasteiger partial charge is 0.224 e. The molecule has 2 amide bonds. The van der Waals surface area contributed by atoms with Gasteiger partial charge in [-0.25, -0.2) is 0 Å². The van der Waals surface area contributed by atoms with E-state index in [1.165, 1.54) is 11.3 Å². The fraction of sp³-hybridized carbons (Fsp3) is 0.579. The summed E-state index contributed by atoms with van der Waals surface area (Å²) in [6.45, 7) is 6.72. The molecular weight excluding hydrogens is 302 g/mol. The van der Waals surface area contributed by atoms with Gasteiger partial charge in [-0.05, 0) is 37.8 Å². The van der Waals surface area contributed by atoms with Crippen molar-refractivity contribution in [3.63, 3.8) is 0 Å². The number of hydrogen-bond donors (Lipinski definition) is 1. The Morgan fingerprint density at radius 1 is 1.29 bits per heavy atom. The summed E-state index contributed by atoms with van der Waals surface area (Å²) >= 11 is 0. The number of fused-ring (bicyclic) bond motifs is 1. The first-order valence-corrected chi connectivity index (χ1v) is 8.94. The van der Waals surface area contributed by atoms with Gasteiger partial charge in [0.1, 0.15) is 0 Å². The number of anilines is 1. The van der Waals surface area contributed by atoms with Crippen LogP contribution < -0.4 is 10.2 Å². The number of piperidine rings is 1. The van der Waals surface area contributed by atoms with Gasteiger partial charge >= 0.3 is 0 Å². The van der Waals surface area contributed by atoms with E-state index >= 15 is 0 Å². The van der Waals surface area contributed by atoms with Crippen molar-refractivity contribution in [3.8, 4) is 0 Å². The third-order valence-electron chi connectivity index (χ3n) is 5.26. The Kier molecular flexibility index (Phi) is 5.07. The maximum Gasteiger partial charge on any atom is 0.224 e. The molecule has 0 spiro atoms. The SMILES string of the molecule is CC(=O)N1CCC[C@@H](C(=O)NC[C@H](C)N2CCc3ccccc32)C1. The van der Waals surface area contributed by atoms with E-state index < -0.39 is 0 Å². The van der Waals surface area contributed by atoms with Gasteiger partial charge in [0.25, 0.3) is 0 Å². The monoisotopic (exact) mass is 329 g/mol. The number of benzene rings is 1. The quantitative estimate of drug-likeness (QED) is 0.917. The first-order chi connectivity index (χ1) is 11.6. The van der Waals surface area contributed by atoms with Crippen molar-refractivity contribution in [3.05, 3.63) is 29.8 Å². The molecule has 2 heterocycles. The molecule has 0 bridgehead atoms. The summed E-state index contributed by atoms with van der Waals surface area (Å²) in [5, 5.41) is 3.10. The minimum absolute atomic E-state index is 0.0644. The molecule has 1 fully saturated rings. The molecule has 5 nitrogen and oxygen atoms in total. The Morgan fingerprint density at radius 3 is 2.88 bits per heavy atom. The Balaban J connectivity index is 1.52. The lowest BCUT2D eigenvalue weighted by atomic mass is 9.97. The van der Waals surface area contributed by atoms with Crippen LogP contribution in [0.25, 0.3) is 0 Å². The maximum absolute atomic E-state index is 12.5. The van der Waals surface area contributed by atoms with Gasteiger partial charge in [0.05, 0.1) is 5.92 Å². The van der Waals surface area contributed by atoms with Gasteiger partial charge in [0.2, 0.25) is 11.8 Å². The number of nitrogens with one attached hydrogen (secondary N) is 1. The highest BCUT2D eigenvalue weighted by molar-refractivity contribution is 5.80. The lowest BCUT2D eigenvalue weighted by Gasteiger charge is -2.32. The largest absolute Gasteiger partial charge is 0.366 e. The highest BCUT2D eigenvalue weighted by Crippen LogP contribution is 2.29. The number of carbonyl (C=O) groups is 2. The van der Waals surface area contributed by atoms with Gasteiger partial charge in [-0.2, -0.15) is 0 Å². The standard InChI is InChI=1S/C19H27N3O2/c1-14(22-11-9-16-6-3-4-8-18(16)22)12-20-19(24)17-7-5-10-21(13-17)15(2)23/h3-4,6,8,14,17H,5,7,9-13H2,1-2H3,(H,20,24)/t14-,17+/m0/s1. The molecule has 2 aliphatic heterocycles. The summed E-state index contributed by atoms with van der Waals surface area (Å²) in [5.41, 5.74) is 2.68. The molecule has 0 aliphatic carbocycles. The molecule has 2 aliphatic rings. The van der Waals surface area contributed by atoms with Crippen LogP contribution in [-0.4, -0.2) is 48.9 Å². The molecule has 1 N–H and O–H groups in total. The van der Waals surface area contributed by atoms with Crippen LogP contribution in [0, 0.1) is 5.92 Å². The summed E-state index contributed by atoms with van der Waals surface area (Å²) < 4.78 is 0. The van der Waals surface area contributed by atoms with Gasteiger partial charge in [0, 0.05) is 44.8 Å². The van der Waals surface area contributed by atoms with Crippen LogP contribution in [0.15, 0.2) is 24.3 Å². The van der Waals surface area contributed by atoms with Crippen LogP contribution in [-0.2, 0) is 16.0 Å². The molecule has 1 aromatic rings. The summed E-state index contributed by atoms with van der Waals surface area (Å²) in [7, 11) is 0. The second-order valence-electron chi connectivity index (χ2n) is 6.97. The number of nitrogens with zero attached hydrogens (tertiary/aromatic N) is 2. The van der Waals surface area contributed by atoms with Gasteiger partial charge in [-0.1, -0.05) is 18.2 Å². The molecule has 0 aromatic heterocycles. The van der Waals surface area contributed by atoms with Crippen LogP contribution in [0.5, 0.6) is 0 Å². The minimum atomic E-state index is -0.0688. The van der Waals surface area contributed by atoms with Crippen molar-refractivity contribution in [2.45, 2.75) is 39.2 Å². The summed E-state index contributed by atoms with van der Waals surface area (Å²) in [5.74, 6) is 0.0792. The molecule has 1 aromatic carbocycles. The summed E-state index contributed by atoms with van der Waals surface area (Å²) in [6.07, 6.45) is 2.86. The fourth-order valence-corrected chi connectivity index (χ4v) is 3.80. The number of amides is 2. The second-order valence-corrected chi connectivity index (χ2v) is 6.97.